The summed E-state index contributed by atoms with van der Waals surface area (Å²) in [5.74, 6) is -0.0194. The van der Waals surface area contributed by atoms with E-state index in [1.165, 1.54) is 25.5 Å². The second-order valence-electron chi connectivity index (χ2n) is 4.32. The minimum atomic E-state index is -0.982. The molecule has 1 aliphatic carbocycles. The van der Waals surface area contributed by atoms with Crippen LogP contribution in [0.2, 0.25) is 0 Å². The zero-order chi connectivity index (χ0) is 12.1. The smallest absolute Gasteiger partial charge is 0.213 e. The van der Waals surface area contributed by atoms with Gasteiger partial charge in [-0.1, -0.05) is 6.42 Å². The zero-order valence-corrected chi connectivity index (χ0v) is 9.69. The van der Waals surface area contributed by atoms with Crippen LogP contribution in [-0.4, -0.2) is 23.5 Å². The molecule has 0 amide bonds. The summed E-state index contributed by atoms with van der Waals surface area (Å²) in [6.07, 6.45) is 7.40. The second-order valence-corrected chi connectivity index (χ2v) is 4.32. The van der Waals surface area contributed by atoms with E-state index in [0.717, 1.165) is 12.8 Å². The number of alkyl halides is 1. The summed E-state index contributed by atoms with van der Waals surface area (Å²) >= 11 is 0. The van der Waals surface area contributed by atoms with Gasteiger partial charge < -0.3 is 4.74 Å². The Bertz CT molecular complexity index is 372. The van der Waals surface area contributed by atoms with Crippen molar-refractivity contribution in [2.45, 2.75) is 38.2 Å². The molecule has 1 saturated carbocycles. The lowest BCUT2D eigenvalue weighted by molar-refractivity contribution is 0.0958. The van der Waals surface area contributed by atoms with Crippen LogP contribution in [0.15, 0.2) is 18.3 Å². The van der Waals surface area contributed by atoms with Crippen LogP contribution in [0, 0.1) is 0 Å². The van der Waals surface area contributed by atoms with Crippen LogP contribution in [0.5, 0.6) is 5.88 Å². The highest BCUT2D eigenvalue weighted by Crippen LogP contribution is 2.22. The lowest BCUT2D eigenvalue weighted by Crippen LogP contribution is -2.20. The van der Waals surface area contributed by atoms with Gasteiger partial charge in [0.25, 0.3) is 0 Å². The number of Topliss-reactive ketones (excluding diaryl/α,β-unsaturated/α-hetero) is 1. The van der Waals surface area contributed by atoms with E-state index in [2.05, 4.69) is 4.98 Å². The highest BCUT2D eigenvalue weighted by atomic mass is 19.1. The first kappa shape index (κ1) is 12.0. The molecule has 0 saturated heterocycles. The summed E-state index contributed by atoms with van der Waals surface area (Å²) in [5, 5.41) is 0. The van der Waals surface area contributed by atoms with Crippen LogP contribution in [0.1, 0.15) is 42.5 Å². The average molecular weight is 237 g/mol. The minimum absolute atomic E-state index is 0.235. The van der Waals surface area contributed by atoms with Gasteiger partial charge in [-0.3, -0.25) is 4.79 Å². The molecule has 0 radical (unpaired) electrons. The molecule has 1 heterocycles. The molecule has 1 aromatic rings. The molecule has 0 aromatic carbocycles. The number of ketones is 1. The van der Waals surface area contributed by atoms with Gasteiger partial charge in [-0.25, -0.2) is 9.37 Å². The minimum Gasteiger partial charge on any atom is -0.474 e. The highest BCUT2D eigenvalue weighted by molar-refractivity contribution is 5.96. The van der Waals surface area contributed by atoms with E-state index in [4.69, 9.17) is 4.74 Å². The Labute approximate surface area is 100 Å². The van der Waals surface area contributed by atoms with E-state index in [0.29, 0.717) is 11.4 Å². The maximum atomic E-state index is 12.1. The molecule has 3 nitrogen and oxygen atoms in total. The lowest BCUT2D eigenvalue weighted by Gasteiger charge is -2.22. The number of hydrogen-bond donors (Lipinski definition) is 0. The van der Waals surface area contributed by atoms with Crippen molar-refractivity contribution in [3.8, 4) is 5.88 Å². The molecular weight excluding hydrogens is 221 g/mol. The second kappa shape index (κ2) is 5.75. The van der Waals surface area contributed by atoms with Gasteiger partial charge in [0, 0.05) is 17.8 Å². The Kier molecular flexibility index (Phi) is 4.07. The highest BCUT2D eigenvalue weighted by Gasteiger charge is 2.15. The lowest BCUT2D eigenvalue weighted by atomic mass is 9.98. The molecule has 1 fully saturated rings. The van der Waals surface area contributed by atoms with Gasteiger partial charge in [0.05, 0.1) is 0 Å². The third-order valence-corrected chi connectivity index (χ3v) is 3.02. The van der Waals surface area contributed by atoms with Gasteiger partial charge in [-0.15, -0.1) is 0 Å². The predicted molar refractivity (Wildman–Crippen MR) is 62.0 cm³/mol. The van der Waals surface area contributed by atoms with Crippen molar-refractivity contribution >= 4 is 5.78 Å². The summed E-state index contributed by atoms with van der Waals surface area (Å²) in [7, 11) is 0. The van der Waals surface area contributed by atoms with Crippen LogP contribution in [-0.2, 0) is 0 Å². The average Bonchev–Trinajstić information content (AvgIpc) is 2.40. The third kappa shape index (κ3) is 3.25. The van der Waals surface area contributed by atoms with Crippen LogP contribution >= 0.6 is 0 Å². The first-order valence-electron chi connectivity index (χ1n) is 6.01. The maximum absolute atomic E-state index is 12.1. The van der Waals surface area contributed by atoms with E-state index in [-0.39, 0.29) is 6.10 Å². The number of pyridine rings is 1. The van der Waals surface area contributed by atoms with Crippen molar-refractivity contribution in [3.63, 3.8) is 0 Å². The van der Waals surface area contributed by atoms with E-state index >= 15 is 0 Å². The van der Waals surface area contributed by atoms with Gasteiger partial charge >= 0.3 is 0 Å². The molecule has 4 heteroatoms. The quantitative estimate of drug-likeness (QED) is 0.756. The Morgan fingerprint density at radius 2 is 2.12 bits per heavy atom. The first-order valence-corrected chi connectivity index (χ1v) is 6.01. The number of ether oxygens (including phenoxy) is 1. The first-order chi connectivity index (χ1) is 8.29. The molecule has 1 aromatic heterocycles. The largest absolute Gasteiger partial charge is 0.474 e. The summed E-state index contributed by atoms with van der Waals surface area (Å²) in [6, 6.07) is 3.20. The van der Waals surface area contributed by atoms with E-state index in [9.17, 15) is 9.18 Å². The third-order valence-electron chi connectivity index (χ3n) is 3.02. The van der Waals surface area contributed by atoms with Crippen molar-refractivity contribution in [2.24, 2.45) is 0 Å². The van der Waals surface area contributed by atoms with Crippen LogP contribution < -0.4 is 4.74 Å². The molecule has 2 rings (SSSR count). The zero-order valence-electron chi connectivity index (χ0n) is 9.69. The predicted octanol–water partition coefficient (Wildman–Crippen LogP) is 2.95. The molecule has 0 atom stereocenters. The molecule has 0 N–H and O–H groups in total. The van der Waals surface area contributed by atoms with Crippen molar-refractivity contribution < 1.29 is 13.9 Å². The monoisotopic (exact) mass is 237 g/mol. The molecule has 1 aliphatic rings. The number of hydrogen-bond acceptors (Lipinski definition) is 3. The standard InChI is InChI=1S/C13H16FNO2/c14-8-12(16)10-6-7-13(15-9-10)17-11-4-2-1-3-5-11/h6-7,9,11H,1-5,8H2. The Morgan fingerprint density at radius 3 is 2.71 bits per heavy atom. The van der Waals surface area contributed by atoms with Gasteiger partial charge in [-0.05, 0) is 31.7 Å². The number of nitrogens with zero attached hydrogens (tertiary/aromatic N) is 1. The molecular formula is C13H16FNO2. The van der Waals surface area contributed by atoms with Crippen LogP contribution in [0.25, 0.3) is 0 Å². The number of halogens is 1. The fraction of sp³-hybridized carbons (Fsp3) is 0.538. The Morgan fingerprint density at radius 1 is 1.35 bits per heavy atom. The fourth-order valence-electron chi connectivity index (χ4n) is 2.05. The van der Waals surface area contributed by atoms with Crippen molar-refractivity contribution in [1.82, 2.24) is 4.98 Å². The molecule has 0 aliphatic heterocycles. The summed E-state index contributed by atoms with van der Waals surface area (Å²) < 4.78 is 17.8. The normalized spacial score (nSPS) is 16.8. The SMILES string of the molecule is O=C(CF)c1ccc(OC2CCCCC2)nc1. The molecule has 0 unspecified atom stereocenters. The molecule has 17 heavy (non-hydrogen) atoms. The number of carbonyl (C=O) groups excluding carboxylic acids is 1. The van der Waals surface area contributed by atoms with Gasteiger partial charge in [0.2, 0.25) is 5.88 Å². The number of aromatic nitrogens is 1. The maximum Gasteiger partial charge on any atom is 0.213 e. The number of rotatable bonds is 4. The van der Waals surface area contributed by atoms with E-state index in [1.54, 1.807) is 12.1 Å². The summed E-state index contributed by atoms with van der Waals surface area (Å²) in [5.41, 5.74) is 0.295. The fourth-order valence-corrected chi connectivity index (χ4v) is 2.05. The van der Waals surface area contributed by atoms with Crippen molar-refractivity contribution in [1.29, 1.82) is 0 Å². The Balaban J connectivity index is 1.95. The van der Waals surface area contributed by atoms with Gasteiger partial charge in [0.1, 0.15) is 6.10 Å². The van der Waals surface area contributed by atoms with Crippen LogP contribution in [0.3, 0.4) is 0 Å². The van der Waals surface area contributed by atoms with Crippen LogP contribution in [0.4, 0.5) is 4.39 Å². The van der Waals surface area contributed by atoms with E-state index < -0.39 is 12.5 Å². The van der Waals surface area contributed by atoms with Gasteiger partial charge in [-0.2, -0.15) is 0 Å². The van der Waals surface area contributed by atoms with Crippen molar-refractivity contribution in [3.05, 3.63) is 23.9 Å². The summed E-state index contributed by atoms with van der Waals surface area (Å²) in [6.45, 7) is -0.982. The molecule has 0 bridgehead atoms. The summed E-state index contributed by atoms with van der Waals surface area (Å²) in [4.78, 5) is 15.1. The van der Waals surface area contributed by atoms with Crippen molar-refractivity contribution in [2.75, 3.05) is 6.67 Å². The Hall–Kier alpha value is -1.45. The van der Waals surface area contributed by atoms with E-state index in [1.807, 2.05) is 0 Å². The molecule has 0 spiro atoms. The topological polar surface area (TPSA) is 39.2 Å². The number of carbonyl (C=O) groups is 1. The molecule has 92 valence electrons. The van der Waals surface area contributed by atoms with Gasteiger partial charge in [0.15, 0.2) is 12.5 Å².